The summed E-state index contributed by atoms with van der Waals surface area (Å²) in [4.78, 5) is 13.8. The van der Waals surface area contributed by atoms with Crippen molar-refractivity contribution in [1.29, 1.82) is 0 Å². The van der Waals surface area contributed by atoms with E-state index in [0.717, 1.165) is 37.5 Å². The first-order valence-corrected chi connectivity index (χ1v) is 5.76. The molecule has 2 N–H and O–H groups in total. The van der Waals surface area contributed by atoms with E-state index in [9.17, 15) is 4.79 Å². The molecular formula is C12H18N2O2. The van der Waals surface area contributed by atoms with E-state index < -0.39 is 6.04 Å². The van der Waals surface area contributed by atoms with Gasteiger partial charge >= 0.3 is 0 Å². The van der Waals surface area contributed by atoms with Gasteiger partial charge in [0.1, 0.15) is 11.5 Å². The summed E-state index contributed by atoms with van der Waals surface area (Å²) in [5, 5.41) is 0. The maximum absolute atomic E-state index is 11.9. The van der Waals surface area contributed by atoms with E-state index in [1.807, 2.05) is 24.0 Å². The average molecular weight is 222 g/mol. The second-order valence-electron chi connectivity index (χ2n) is 4.36. The first kappa shape index (κ1) is 11.2. The number of furan rings is 1. The molecule has 0 spiro atoms. The van der Waals surface area contributed by atoms with E-state index >= 15 is 0 Å². The number of carbonyl (C=O) groups is 1. The van der Waals surface area contributed by atoms with Crippen LogP contribution in [-0.4, -0.2) is 29.9 Å². The van der Waals surface area contributed by atoms with Crippen molar-refractivity contribution in [1.82, 2.24) is 4.90 Å². The minimum atomic E-state index is -0.469. The van der Waals surface area contributed by atoms with Gasteiger partial charge in [-0.05, 0) is 31.9 Å². The van der Waals surface area contributed by atoms with Crippen molar-refractivity contribution < 1.29 is 9.21 Å². The molecule has 1 aliphatic rings. The lowest BCUT2D eigenvalue weighted by molar-refractivity contribution is -0.131. The van der Waals surface area contributed by atoms with Crippen LogP contribution in [0.2, 0.25) is 0 Å². The predicted octanol–water partition coefficient (Wildman–Crippen LogP) is 1.08. The Morgan fingerprint density at radius 2 is 2.19 bits per heavy atom. The minimum absolute atomic E-state index is 0.0477. The number of likely N-dealkylation sites (tertiary alicyclic amines) is 1. The van der Waals surface area contributed by atoms with Gasteiger partial charge in [0.05, 0.1) is 6.04 Å². The SMILES string of the molecule is Cc1ccc(CC(N)C(=O)N2CCCC2)o1. The predicted molar refractivity (Wildman–Crippen MR) is 60.9 cm³/mol. The zero-order valence-electron chi connectivity index (χ0n) is 9.61. The van der Waals surface area contributed by atoms with Gasteiger partial charge in [-0.3, -0.25) is 4.79 Å². The summed E-state index contributed by atoms with van der Waals surface area (Å²) in [5.41, 5.74) is 5.89. The molecule has 4 nitrogen and oxygen atoms in total. The number of hydrogen-bond donors (Lipinski definition) is 1. The fourth-order valence-electron chi connectivity index (χ4n) is 2.07. The Bertz CT molecular complexity index is 367. The van der Waals surface area contributed by atoms with Gasteiger partial charge in [0.15, 0.2) is 0 Å². The molecule has 88 valence electrons. The number of hydrogen-bond acceptors (Lipinski definition) is 3. The molecule has 2 heterocycles. The summed E-state index contributed by atoms with van der Waals surface area (Å²) in [6.07, 6.45) is 2.68. The fourth-order valence-corrected chi connectivity index (χ4v) is 2.07. The Morgan fingerprint density at radius 1 is 1.50 bits per heavy atom. The molecule has 1 fully saturated rings. The molecule has 1 aromatic rings. The van der Waals surface area contributed by atoms with Gasteiger partial charge in [-0.15, -0.1) is 0 Å². The van der Waals surface area contributed by atoms with Crippen LogP contribution < -0.4 is 5.73 Å². The van der Waals surface area contributed by atoms with E-state index in [1.165, 1.54) is 0 Å². The molecular weight excluding hydrogens is 204 g/mol. The molecule has 1 aromatic heterocycles. The van der Waals surface area contributed by atoms with Crippen LogP contribution in [0.1, 0.15) is 24.4 Å². The number of rotatable bonds is 3. The highest BCUT2D eigenvalue weighted by Crippen LogP contribution is 2.12. The molecule has 1 atom stereocenters. The lowest BCUT2D eigenvalue weighted by Gasteiger charge is -2.19. The van der Waals surface area contributed by atoms with Crippen LogP contribution in [-0.2, 0) is 11.2 Å². The summed E-state index contributed by atoms with van der Waals surface area (Å²) in [5.74, 6) is 1.69. The first-order chi connectivity index (χ1) is 7.66. The quantitative estimate of drug-likeness (QED) is 0.832. The smallest absolute Gasteiger partial charge is 0.239 e. The molecule has 0 aliphatic carbocycles. The molecule has 0 saturated carbocycles. The number of amides is 1. The first-order valence-electron chi connectivity index (χ1n) is 5.76. The topological polar surface area (TPSA) is 59.5 Å². The van der Waals surface area contributed by atoms with Crippen LogP contribution in [0, 0.1) is 6.92 Å². The molecule has 1 amide bonds. The summed E-state index contributed by atoms with van der Waals surface area (Å²) >= 11 is 0. The highest BCUT2D eigenvalue weighted by Gasteiger charge is 2.24. The zero-order chi connectivity index (χ0) is 11.5. The standard InChI is InChI=1S/C12H18N2O2/c1-9-4-5-10(16-9)8-11(13)12(15)14-6-2-3-7-14/h4-5,11H,2-3,6-8,13H2,1H3. The van der Waals surface area contributed by atoms with Crippen molar-refractivity contribution in [2.24, 2.45) is 5.73 Å². The largest absolute Gasteiger partial charge is 0.466 e. The molecule has 1 aliphatic heterocycles. The highest BCUT2D eigenvalue weighted by atomic mass is 16.3. The number of aryl methyl sites for hydroxylation is 1. The van der Waals surface area contributed by atoms with Crippen LogP contribution in [0.15, 0.2) is 16.5 Å². The van der Waals surface area contributed by atoms with Gasteiger partial charge in [-0.25, -0.2) is 0 Å². The van der Waals surface area contributed by atoms with Crippen molar-refractivity contribution in [3.05, 3.63) is 23.7 Å². The summed E-state index contributed by atoms with van der Waals surface area (Å²) < 4.78 is 5.42. The van der Waals surface area contributed by atoms with E-state index in [1.54, 1.807) is 0 Å². The van der Waals surface area contributed by atoms with Crippen molar-refractivity contribution >= 4 is 5.91 Å². The Hall–Kier alpha value is -1.29. The van der Waals surface area contributed by atoms with Crippen LogP contribution in [0.3, 0.4) is 0 Å². The van der Waals surface area contributed by atoms with Gasteiger partial charge in [-0.2, -0.15) is 0 Å². The molecule has 1 unspecified atom stereocenters. The summed E-state index contributed by atoms with van der Waals surface area (Å²) in [6.45, 7) is 3.59. The summed E-state index contributed by atoms with van der Waals surface area (Å²) in [7, 11) is 0. The van der Waals surface area contributed by atoms with Crippen molar-refractivity contribution in [2.75, 3.05) is 13.1 Å². The van der Waals surface area contributed by atoms with E-state index in [-0.39, 0.29) is 5.91 Å². The molecule has 2 rings (SSSR count). The normalized spacial score (nSPS) is 17.8. The Kier molecular flexibility index (Phi) is 3.29. The second-order valence-corrected chi connectivity index (χ2v) is 4.36. The Balaban J connectivity index is 1.91. The lowest BCUT2D eigenvalue weighted by atomic mass is 10.1. The molecule has 0 aromatic carbocycles. The van der Waals surface area contributed by atoms with Gasteiger partial charge < -0.3 is 15.1 Å². The number of carbonyl (C=O) groups excluding carboxylic acids is 1. The monoisotopic (exact) mass is 222 g/mol. The third-order valence-electron chi connectivity index (χ3n) is 2.95. The lowest BCUT2D eigenvalue weighted by Crippen LogP contribution is -2.43. The van der Waals surface area contributed by atoms with Gasteiger partial charge in [0, 0.05) is 19.5 Å². The van der Waals surface area contributed by atoms with Crippen LogP contribution in [0.25, 0.3) is 0 Å². The van der Waals surface area contributed by atoms with Crippen LogP contribution in [0.4, 0.5) is 0 Å². The molecule has 1 saturated heterocycles. The van der Waals surface area contributed by atoms with Crippen molar-refractivity contribution in [3.63, 3.8) is 0 Å². The Morgan fingerprint density at radius 3 is 2.75 bits per heavy atom. The van der Waals surface area contributed by atoms with Gasteiger partial charge in [0.25, 0.3) is 0 Å². The number of nitrogens with two attached hydrogens (primary N) is 1. The number of nitrogens with zero attached hydrogens (tertiary/aromatic N) is 1. The van der Waals surface area contributed by atoms with E-state index in [0.29, 0.717) is 6.42 Å². The third-order valence-corrected chi connectivity index (χ3v) is 2.95. The molecule has 0 radical (unpaired) electrons. The van der Waals surface area contributed by atoms with Crippen molar-refractivity contribution in [2.45, 2.75) is 32.2 Å². The van der Waals surface area contributed by atoms with E-state index in [4.69, 9.17) is 10.2 Å². The van der Waals surface area contributed by atoms with Crippen LogP contribution in [0.5, 0.6) is 0 Å². The molecule has 0 bridgehead atoms. The average Bonchev–Trinajstić information content (AvgIpc) is 2.88. The van der Waals surface area contributed by atoms with Crippen molar-refractivity contribution in [3.8, 4) is 0 Å². The highest BCUT2D eigenvalue weighted by molar-refractivity contribution is 5.82. The maximum atomic E-state index is 11.9. The molecule has 4 heteroatoms. The minimum Gasteiger partial charge on any atom is -0.466 e. The van der Waals surface area contributed by atoms with Gasteiger partial charge in [0.2, 0.25) is 5.91 Å². The third kappa shape index (κ3) is 2.44. The Labute approximate surface area is 95.4 Å². The van der Waals surface area contributed by atoms with Gasteiger partial charge in [-0.1, -0.05) is 0 Å². The fraction of sp³-hybridized carbons (Fsp3) is 0.583. The second kappa shape index (κ2) is 4.70. The molecule has 16 heavy (non-hydrogen) atoms. The van der Waals surface area contributed by atoms with Crippen LogP contribution >= 0.6 is 0 Å². The van der Waals surface area contributed by atoms with E-state index in [2.05, 4.69) is 0 Å². The zero-order valence-corrected chi connectivity index (χ0v) is 9.61. The maximum Gasteiger partial charge on any atom is 0.239 e. The summed E-state index contributed by atoms with van der Waals surface area (Å²) in [6, 6.07) is 3.30.